The van der Waals surface area contributed by atoms with Gasteiger partial charge >= 0.3 is 0 Å². The summed E-state index contributed by atoms with van der Waals surface area (Å²) in [7, 11) is -3.78. The number of halogens is 1. The van der Waals surface area contributed by atoms with Crippen molar-refractivity contribution in [2.75, 3.05) is 6.54 Å². The van der Waals surface area contributed by atoms with Crippen molar-refractivity contribution in [3.63, 3.8) is 0 Å². The summed E-state index contributed by atoms with van der Waals surface area (Å²) in [6.45, 7) is -0.134. The number of nitrogens with one attached hydrogen (secondary N) is 1. The highest BCUT2D eigenvalue weighted by molar-refractivity contribution is 7.89. The maximum Gasteiger partial charge on any atom is 0.242 e. The molecule has 0 amide bonds. The predicted molar refractivity (Wildman–Crippen MR) is 101 cm³/mol. The molecule has 1 aromatic heterocycles. The lowest BCUT2D eigenvalue weighted by Gasteiger charge is -2.14. The largest absolute Gasteiger partial charge is 0.387 e. The summed E-state index contributed by atoms with van der Waals surface area (Å²) >= 11 is 7.54. The molecule has 130 valence electrons. The summed E-state index contributed by atoms with van der Waals surface area (Å²) in [5.74, 6) is 0. The summed E-state index contributed by atoms with van der Waals surface area (Å²) in [6, 6.07) is 15.6. The van der Waals surface area contributed by atoms with E-state index in [1.165, 1.54) is 12.1 Å². The first-order valence-electron chi connectivity index (χ1n) is 7.52. The Balaban J connectivity index is 1.68. The van der Waals surface area contributed by atoms with Crippen LogP contribution in [0.4, 0.5) is 0 Å². The molecule has 0 spiro atoms. The van der Waals surface area contributed by atoms with Gasteiger partial charge in [0.15, 0.2) is 0 Å². The van der Waals surface area contributed by atoms with Crippen LogP contribution in [0.5, 0.6) is 0 Å². The van der Waals surface area contributed by atoms with E-state index in [-0.39, 0.29) is 16.5 Å². The number of aliphatic hydroxyl groups is 1. The Bertz CT molecular complexity index is 939. The van der Waals surface area contributed by atoms with E-state index in [9.17, 15) is 13.5 Å². The topological polar surface area (TPSA) is 66.4 Å². The van der Waals surface area contributed by atoms with Gasteiger partial charge in [-0.25, -0.2) is 13.1 Å². The van der Waals surface area contributed by atoms with E-state index in [1.807, 2.05) is 29.0 Å². The van der Waals surface area contributed by atoms with Crippen LogP contribution < -0.4 is 4.72 Å². The van der Waals surface area contributed by atoms with Crippen molar-refractivity contribution >= 4 is 33.0 Å². The predicted octanol–water partition coefficient (Wildman–Crippen LogP) is 4.08. The zero-order chi connectivity index (χ0) is 17.9. The van der Waals surface area contributed by atoms with Crippen LogP contribution >= 0.6 is 22.9 Å². The first kappa shape index (κ1) is 18.1. The number of hydrogen-bond donors (Lipinski definition) is 2. The van der Waals surface area contributed by atoms with E-state index < -0.39 is 16.1 Å². The van der Waals surface area contributed by atoms with Crippen LogP contribution in [0.2, 0.25) is 5.02 Å². The second-order valence-corrected chi connectivity index (χ2v) is 8.35. The van der Waals surface area contributed by atoms with Gasteiger partial charge in [0.25, 0.3) is 0 Å². The molecule has 4 nitrogen and oxygen atoms in total. The van der Waals surface area contributed by atoms with Crippen LogP contribution in [0.3, 0.4) is 0 Å². The molecule has 1 atom stereocenters. The Labute approximate surface area is 155 Å². The van der Waals surface area contributed by atoms with Gasteiger partial charge in [-0.05, 0) is 45.6 Å². The van der Waals surface area contributed by atoms with Gasteiger partial charge in [-0.15, -0.1) is 0 Å². The van der Waals surface area contributed by atoms with E-state index in [1.54, 1.807) is 35.6 Å². The van der Waals surface area contributed by atoms with Crippen molar-refractivity contribution in [3.8, 4) is 11.1 Å². The Morgan fingerprint density at radius 2 is 1.76 bits per heavy atom. The fraction of sp³-hybridized carbons (Fsp3) is 0.111. The summed E-state index contributed by atoms with van der Waals surface area (Å²) in [5, 5.41) is 14.5. The third-order valence-corrected chi connectivity index (χ3v) is 6.35. The van der Waals surface area contributed by atoms with Crippen molar-refractivity contribution in [1.82, 2.24) is 4.72 Å². The Morgan fingerprint density at radius 1 is 1.04 bits per heavy atom. The monoisotopic (exact) mass is 393 g/mol. The molecular weight excluding hydrogens is 378 g/mol. The van der Waals surface area contributed by atoms with Gasteiger partial charge in [0.1, 0.15) is 4.90 Å². The highest BCUT2D eigenvalue weighted by atomic mass is 35.5. The van der Waals surface area contributed by atoms with E-state index in [0.717, 1.165) is 11.1 Å². The lowest BCUT2D eigenvalue weighted by Crippen LogP contribution is -2.28. The Kier molecular flexibility index (Phi) is 5.56. The summed E-state index contributed by atoms with van der Waals surface area (Å²) < 4.78 is 27.0. The lowest BCUT2D eigenvalue weighted by molar-refractivity contribution is 0.182. The van der Waals surface area contributed by atoms with Crippen LogP contribution in [-0.2, 0) is 10.0 Å². The summed E-state index contributed by atoms with van der Waals surface area (Å²) in [5.41, 5.74) is 2.81. The lowest BCUT2D eigenvalue weighted by atomic mass is 10.0. The highest BCUT2D eigenvalue weighted by Crippen LogP contribution is 2.24. The third-order valence-electron chi connectivity index (χ3n) is 3.74. The van der Waals surface area contributed by atoms with Crippen molar-refractivity contribution < 1.29 is 13.5 Å². The van der Waals surface area contributed by atoms with Crippen LogP contribution in [0.25, 0.3) is 11.1 Å². The second kappa shape index (κ2) is 7.68. The Hall–Kier alpha value is -1.70. The van der Waals surface area contributed by atoms with Gasteiger partial charge in [0.2, 0.25) is 10.0 Å². The molecule has 0 radical (unpaired) electrons. The number of hydrogen-bond acceptors (Lipinski definition) is 4. The molecule has 0 saturated carbocycles. The molecule has 0 aliphatic carbocycles. The SMILES string of the molecule is O=S(=O)(NCC(O)c1ccc(-c2ccsc2)cc1)c1ccccc1Cl. The molecule has 1 unspecified atom stereocenters. The Morgan fingerprint density at radius 3 is 2.40 bits per heavy atom. The molecule has 1 heterocycles. The fourth-order valence-corrected chi connectivity index (χ4v) is 4.59. The highest BCUT2D eigenvalue weighted by Gasteiger charge is 2.19. The average molecular weight is 394 g/mol. The first-order chi connectivity index (χ1) is 12.0. The quantitative estimate of drug-likeness (QED) is 0.663. The van der Waals surface area contributed by atoms with E-state index in [2.05, 4.69) is 4.72 Å². The van der Waals surface area contributed by atoms with Crippen molar-refractivity contribution in [2.24, 2.45) is 0 Å². The number of benzene rings is 2. The van der Waals surface area contributed by atoms with Gasteiger partial charge in [-0.1, -0.05) is 48.0 Å². The van der Waals surface area contributed by atoms with Gasteiger partial charge < -0.3 is 5.11 Å². The standard InChI is InChI=1S/C18H16ClNO3S2/c19-16-3-1-2-4-18(16)25(22,23)20-11-17(21)14-7-5-13(6-8-14)15-9-10-24-12-15/h1-10,12,17,20-21H,11H2. The molecule has 3 rings (SSSR count). The summed E-state index contributed by atoms with van der Waals surface area (Å²) in [4.78, 5) is -0.00308. The number of thiophene rings is 1. The zero-order valence-electron chi connectivity index (χ0n) is 13.1. The molecule has 25 heavy (non-hydrogen) atoms. The van der Waals surface area contributed by atoms with Gasteiger partial charge in [0, 0.05) is 6.54 Å². The van der Waals surface area contributed by atoms with Crippen LogP contribution in [0, 0.1) is 0 Å². The van der Waals surface area contributed by atoms with E-state index in [4.69, 9.17) is 11.6 Å². The molecule has 2 aromatic carbocycles. The maximum absolute atomic E-state index is 12.3. The first-order valence-corrected chi connectivity index (χ1v) is 10.3. The average Bonchev–Trinajstić information content (AvgIpc) is 3.15. The zero-order valence-corrected chi connectivity index (χ0v) is 15.5. The van der Waals surface area contributed by atoms with Gasteiger partial charge in [-0.3, -0.25) is 0 Å². The molecular formula is C18H16ClNO3S2. The molecule has 0 fully saturated rings. The molecule has 0 saturated heterocycles. The molecule has 7 heteroatoms. The minimum Gasteiger partial charge on any atom is -0.387 e. The number of rotatable bonds is 6. The van der Waals surface area contributed by atoms with E-state index in [0.29, 0.717) is 5.56 Å². The third kappa shape index (κ3) is 4.29. The van der Waals surface area contributed by atoms with Crippen LogP contribution in [0.15, 0.2) is 70.3 Å². The molecule has 0 aliphatic heterocycles. The molecule has 0 bridgehead atoms. The second-order valence-electron chi connectivity index (χ2n) is 5.43. The van der Waals surface area contributed by atoms with E-state index >= 15 is 0 Å². The van der Waals surface area contributed by atoms with Gasteiger partial charge in [-0.2, -0.15) is 11.3 Å². The smallest absolute Gasteiger partial charge is 0.242 e. The van der Waals surface area contributed by atoms with Crippen molar-refractivity contribution in [3.05, 3.63) is 75.9 Å². The molecule has 3 aromatic rings. The normalized spacial score (nSPS) is 12.9. The van der Waals surface area contributed by atoms with Crippen LogP contribution in [0.1, 0.15) is 11.7 Å². The number of sulfonamides is 1. The minimum atomic E-state index is -3.78. The molecule has 0 aliphatic rings. The molecule has 2 N–H and O–H groups in total. The summed E-state index contributed by atoms with van der Waals surface area (Å²) in [6.07, 6.45) is -0.950. The maximum atomic E-state index is 12.3. The fourth-order valence-electron chi connectivity index (χ4n) is 2.37. The van der Waals surface area contributed by atoms with Crippen molar-refractivity contribution in [1.29, 1.82) is 0 Å². The van der Waals surface area contributed by atoms with Gasteiger partial charge in [0.05, 0.1) is 11.1 Å². The van der Waals surface area contributed by atoms with Crippen LogP contribution in [-0.4, -0.2) is 20.1 Å². The minimum absolute atomic E-state index is 0.00308. The van der Waals surface area contributed by atoms with Crippen molar-refractivity contribution in [2.45, 2.75) is 11.0 Å². The number of aliphatic hydroxyl groups excluding tert-OH is 1.